The van der Waals surface area contributed by atoms with Crippen LogP contribution in [0.25, 0.3) is 0 Å². The third-order valence-corrected chi connectivity index (χ3v) is 3.14. The summed E-state index contributed by atoms with van der Waals surface area (Å²) in [4.78, 5) is 15.9. The first-order valence-electron chi connectivity index (χ1n) is 6.85. The van der Waals surface area contributed by atoms with E-state index in [-0.39, 0.29) is 42.4 Å². The van der Waals surface area contributed by atoms with Gasteiger partial charge >= 0.3 is 0 Å². The number of hydrogen-bond acceptors (Lipinski definition) is 4. The lowest BCUT2D eigenvalue weighted by molar-refractivity contribution is -0.128. The SMILES string of the molecule is CNC(=O)C(C)(C)CN=C(N)Nc1ccc(OC)c(OC)c1.I. The second kappa shape index (κ2) is 9.43. The third kappa shape index (κ3) is 6.12. The first-order valence-corrected chi connectivity index (χ1v) is 6.85. The molecule has 8 heteroatoms. The fourth-order valence-corrected chi connectivity index (χ4v) is 1.79. The highest BCUT2D eigenvalue weighted by molar-refractivity contribution is 14.0. The summed E-state index contributed by atoms with van der Waals surface area (Å²) in [6.07, 6.45) is 0. The second-order valence-electron chi connectivity index (χ2n) is 5.36. The number of methoxy groups -OCH3 is 2. The first-order chi connectivity index (χ1) is 10.3. The second-order valence-corrected chi connectivity index (χ2v) is 5.36. The Balaban J connectivity index is 0.00000484. The van der Waals surface area contributed by atoms with Crippen molar-refractivity contribution in [1.29, 1.82) is 0 Å². The summed E-state index contributed by atoms with van der Waals surface area (Å²) >= 11 is 0. The average Bonchev–Trinajstić information content (AvgIpc) is 2.52. The van der Waals surface area contributed by atoms with Gasteiger partial charge in [-0.25, -0.2) is 0 Å². The number of nitrogens with two attached hydrogens (primary N) is 1. The minimum Gasteiger partial charge on any atom is -0.493 e. The van der Waals surface area contributed by atoms with Crippen molar-refractivity contribution in [3.8, 4) is 11.5 Å². The number of guanidine groups is 1. The number of aliphatic imine (C=N–C) groups is 1. The predicted molar refractivity (Wildman–Crippen MR) is 103 cm³/mol. The van der Waals surface area contributed by atoms with Gasteiger partial charge in [0.05, 0.1) is 26.2 Å². The molecule has 0 aliphatic carbocycles. The van der Waals surface area contributed by atoms with E-state index in [0.717, 1.165) is 5.69 Å². The maximum atomic E-state index is 11.7. The zero-order valence-corrected chi connectivity index (χ0v) is 16.4. The highest BCUT2D eigenvalue weighted by Gasteiger charge is 2.26. The quantitative estimate of drug-likeness (QED) is 0.359. The summed E-state index contributed by atoms with van der Waals surface area (Å²) < 4.78 is 10.4. The van der Waals surface area contributed by atoms with Crippen LogP contribution in [-0.4, -0.2) is 39.7 Å². The van der Waals surface area contributed by atoms with E-state index in [2.05, 4.69) is 15.6 Å². The Morgan fingerprint density at radius 3 is 2.39 bits per heavy atom. The maximum absolute atomic E-state index is 11.7. The molecule has 4 N–H and O–H groups in total. The third-order valence-electron chi connectivity index (χ3n) is 3.14. The van der Waals surface area contributed by atoms with Crippen LogP contribution in [0.15, 0.2) is 23.2 Å². The van der Waals surface area contributed by atoms with Gasteiger partial charge in [-0.15, -0.1) is 24.0 Å². The summed E-state index contributed by atoms with van der Waals surface area (Å²) in [6, 6.07) is 5.32. The van der Waals surface area contributed by atoms with Gasteiger partial charge in [0.1, 0.15) is 0 Å². The van der Waals surface area contributed by atoms with Gasteiger partial charge in [0.2, 0.25) is 5.91 Å². The van der Waals surface area contributed by atoms with Crippen LogP contribution in [0.5, 0.6) is 11.5 Å². The molecule has 0 radical (unpaired) electrons. The van der Waals surface area contributed by atoms with Crippen LogP contribution in [0, 0.1) is 5.41 Å². The smallest absolute Gasteiger partial charge is 0.227 e. The Morgan fingerprint density at radius 1 is 1.26 bits per heavy atom. The number of ether oxygens (including phenoxy) is 2. The minimum absolute atomic E-state index is 0. The molecule has 0 unspecified atom stereocenters. The molecule has 1 amide bonds. The molecule has 0 fully saturated rings. The van der Waals surface area contributed by atoms with Crippen LogP contribution in [0.4, 0.5) is 5.69 Å². The van der Waals surface area contributed by atoms with Gasteiger partial charge in [0.25, 0.3) is 0 Å². The molecule has 1 aromatic carbocycles. The number of hydrogen-bond donors (Lipinski definition) is 3. The molecule has 23 heavy (non-hydrogen) atoms. The van der Waals surface area contributed by atoms with Crippen molar-refractivity contribution in [1.82, 2.24) is 5.32 Å². The van der Waals surface area contributed by atoms with Crippen LogP contribution < -0.4 is 25.8 Å². The molecule has 0 aromatic heterocycles. The molecule has 0 saturated heterocycles. The van der Waals surface area contributed by atoms with E-state index < -0.39 is 5.41 Å². The van der Waals surface area contributed by atoms with Crippen molar-refractivity contribution >= 4 is 41.5 Å². The van der Waals surface area contributed by atoms with Gasteiger partial charge in [-0.3, -0.25) is 9.79 Å². The molecule has 0 spiro atoms. The van der Waals surface area contributed by atoms with E-state index in [4.69, 9.17) is 15.2 Å². The van der Waals surface area contributed by atoms with E-state index in [1.807, 2.05) is 0 Å². The van der Waals surface area contributed by atoms with Gasteiger partial charge in [-0.2, -0.15) is 0 Å². The van der Waals surface area contributed by atoms with E-state index >= 15 is 0 Å². The molecule has 1 aromatic rings. The normalized spacial score (nSPS) is 11.3. The largest absolute Gasteiger partial charge is 0.493 e. The minimum atomic E-state index is -0.626. The van der Waals surface area contributed by atoms with Crippen LogP contribution >= 0.6 is 24.0 Å². The van der Waals surface area contributed by atoms with Crippen molar-refractivity contribution < 1.29 is 14.3 Å². The Morgan fingerprint density at radius 2 is 1.87 bits per heavy atom. The lowest BCUT2D eigenvalue weighted by Gasteiger charge is -2.20. The zero-order chi connectivity index (χ0) is 16.8. The average molecular weight is 436 g/mol. The summed E-state index contributed by atoms with van der Waals surface area (Å²) in [5.41, 5.74) is 5.94. The summed E-state index contributed by atoms with van der Waals surface area (Å²) in [7, 11) is 4.73. The Bertz CT molecular complexity index is 562. The molecule has 7 nitrogen and oxygen atoms in total. The number of carbonyl (C=O) groups is 1. The Kier molecular flexibility index (Phi) is 8.73. The predicted octanol–water partition coefficient (Wildman–Crippen LogP) is 1.82. The molecule has 0 aliphatic heterocycles. The van der Waals surface area contributed by atoms with E-state index in [1.54, 1.807) is 53.3 Å². The summed E-state index contributed by atoms with van der Waals surface area (Å²) in [6.45, 7) is 3.89. The summed E-state index contributed by atoms with van der Waals surface area (Å²) in [5.74, 6) is 1.36. The molecule has 0 aliphatic rings. The van der Waals surface area contributed by atoms with Crippen molar-refractivity contribution in [3.63, 3.8) is 0 Å². The molecule has 130 valence electrons. The van der Waals surface area contributed by atoms with Gasteiger partial charge < -0.3 is 25.8 Å². The fourth-order valence-electron chi connectivity index (χ4n) is 1.79. The van der Waals surface area contributed by atoms with Crippen LogP contribution in [-0.2, 0) is 4.79 Å². The monoisotopic (exact) mass is 436 g/mol. The Labute approximate surface area is 154 Å². The van der Waals surface area contributed by atoms with Gasteiger partial charge in [0, 0.05) is 18.8 Å². The zero-order valence-electron chi connectivity index (χ0n) is 14.1. The number of anilines is 1. The van der Waals surface area contributed by atoms with Crippen LogP contribution in [0.3, 0.4) is 0 Å². The van der Waals surface area contributed by atoms with Crippen molar-refractivity contribution in [2.75, 3.05) is 33.1 Å². The molecular formula is C15H25IN4O3. The number of carbonyl (C=O) groups excluding carboxylic acids is 1. The first kappa shape index (κ1) is 21.3. The molecular weight excluding hydrogens is 411 g/mol. The van der Waals surface area contributed by atoms with Crippen LogP contribution in [0.2, 0.25) is 0 Å². The van der Waals surface area contributed by atoms with E-state index in [1.165, 1.54) is 0 Å². The number of rotatable bonds is 6. The molecule has 0 bridgehead atoms. The van der Waals surface area contributed by atoms with Crippen LogP contribution in [0.1, 0.15) is 13.8 Å². The number of nitrogens with one attached hydrogen (secondary N) is 2. The lowest BCUT2D eigenvalue weighted by Crippen LogP contribution is -2.37. The number of amides is 1. The number of benzene rings is 1. The van der Waals surface area contributed by atoms with E-state index in [9.17, 15) is 4.79 Å². The number of halogens is 1. The standard InChI is InChI=1S/C15H24N4O3.HI/c1-15(2,13(20)17-3)9-18-14(16)19-10-6-7-11(21-4)12(8-10)22-5;/h6-8H,9H2,1-5H3,(H,17,20)(H3,16,18,19);1H. The molecule has 0 atom stereocenters. The van der Waals surface area contributed by atoms with E-state index in [0.29, 0.717) is 11.5 Å². The number of nitrogens with zero attached hydrogens (tertiary/aromatic N) is 1. The molecule has 0 heterocycles. The van der Waals surface area contributed by atoms with Crippen molar-refractivity contribution in [3.05, 3.63) is 18.2 Å². The highest BCUT2D eigenvalue weighted by atomic mass is 127. The molecule has 1 rings (SSSR count). The van der Waals surface area contributed by atoms with Gasteiger partial charge in [-0.1, -0.05) is 0 Å². The highest BCUT2D eigenvalue weighted by Crippen LogP contribution is 2.29. The topological polar surface area (TPSA) is 98.0 Å². The lowest BCUT2D eigenvalue weighted by atomic mass is 9.93. The summed E-state index contributed by atoms with van der Waals surface area (Å²) in [5, 5.41) is 5.56. The Hall–Kier alpha value is -1.71. The van der Waals surface area contributed by atoms with Crippen molar-refractivity contribution in [2.24, 2.45) is 16.1 Å². The maximum Gasteiger partial charge on any atom is 0.227 e. The van der Waals surface area contributed by atoms with Crippen molar-refractivity contribution in [2.45, 2.75) is 13.8 Å². The van der Waals surface area contributed by atoms with Gasteiger partial charge in [0.15, 0.2) is 17.5 Å². The molecule has 0 saturated carbocycles. The van der Waals surface area contributed by atoms with Gasteiger partial charge in [-0.05, 0) is 26.0 Å². The fraction of sp³-hybridized carbons (Fsp3) is 0.467.